The predicted octanol–water partition coefficient (Wildman–Crippen LogP) is 4.40. The van der Waals surface area contributed by atoms with Gasteiger partial charge >= 0.3 is 0 Å². The topological polar surface area (TPSA) is 32.7 Å². The van der Waals surface area contributed by atoms with Crippen LogP contribution in [-0.4, -0.2) is 23.4 Å². The van der Waals surface area contributed by atoms with Crippen LogP contribution in [0.5, 0.6) is 0 Å². The zero-order chi connectivity index (χ0) is 17.4. The van der Waals surface area contributed by atoms with E-state index in [1.54, 1.807) is 7.11 Å². The minimum atomic E-state index is -0.841. The summed E-state index contributed by atoms with van der Waals surface area (Å²) >= 11 is 3.65. The van der Waals surface area contributed by atoms with Gasteiger partial charge in [0, 0.05) is 24.7 Å². The normalized spacial score (nSPS) is 18.7. The van der Waals surface area contributed by atoms with E-state index in [1.807, 2.05) is 6.07 Å². The zero-order valence-electron chi connectivity index (χ0n) is 14.6. The van der Waals surface area contributed by atoms with Gasteiger partial charge in [-0.25, -0.2) is 0 Å². The number of aryl methyl sites for hydroxylation is 3. The van der Waals surface area contributed by atoms with E-state index in [2.05, 4.69) is 65.9 Å². The molecule has 0 fully saturated rings. The van der Waals surface area contributed by atoms with Crippen molar-refractivity contribution in [1.82, 2.24) is 4.90 Å². The Morgan fingerprint density at radius 2 is 1.92 bits per heavy atom. The van der Waals surface area contributed by atoms with Gasteiger partial charge in [0.1, 0.15) is 0 Å². The van der Waals surface area contributed by atoms with Crippen molar-refractivity contribution in [1.29, 1.82) is 0 Å². The van der Waals surface area contributed by atoms with Gasteiger partial charge in [-0.05, 0) is 54.7 Å². The Bertz CT molecular complexity index is 736. The van der Waals surface area contributed by atoms with E-state index in [9.17, 15) is 5.11 Å². The molecule has 1 N–H and O–H groups in total. The first-order valence-electron chi connectivity index (χ1n) is 8.21. The lowest BCUT2D eigenvalue weighted by molar-refractivity contribution is -0.125. The molecule has 1 heterocycles. The quantitative estimate of drug-likeness (QED) is 0.786. The molecule has 0 amide bonds. The molecule has 0 saturated carbocycles. The minimum absolute atomic E-state index is 0.150. The van der Waals surface area contributed by atoms with E-state index in [1.165, 1.54) is 27.8 Å². The highest BCUT2D eigenvalue weighted by Crippen LogP contribution is 2.41. The number of ether oxygens (including phenoxy) is 1. The van der Waals surface area contributed by atoms with Gasteiger partial charge in [0.05, 0.1) is 6.04 Å². The van der Waals surface area contributed by atoms with E-state index in [-0.39, 0.29) is 6.04 Å². The van der Waals surface area contributed by atoms with E-state index in [0.717, 1.165) is 23.1 Å². The highest BCUT2D eigenvalue weighted by molar-refractivity contribution is 9.10. The summed E-state index contributed by atoms with van der Waals surface area (Å²) in [5, 5.41) is 10.4. The van der Waals surface area contributed by atoms with Crippen molar-refractivity contribution >= 4 is 15.9 Å². The first-order valence-corrected chi connectivity index (χ1v) is 9.00. The summed E-state index contributed by atoms with van der Waals surface area (Å²) in [5.41, 5.74) is 7.59. The molecule has 128 valence electrons. The molecule has 2 aromatic rings. The Labute approximate surface area is 152 Å². The molecule has 1 aliphatic heterocycles. The number of aliphatic hydroxyl groups is 1. The molecule has 3 nitrogen and oxygen atoms in total. The first kappa shape index (κ1) is 17.6. The second kappa shape index (κ2) is 6.96. The van der Waals surface area contributed by atoms with Gasteiger partial charge in [0.15, 0.2) is 6.29 Å². The Kier molecular flexibility index (Phi) is 5.11. The van der Waals surface area contributed by atoms with Crippen LogP contribution >= 0.6 is 15.9 Å². The molecular formula is C20H24BrNO2. The molecule has 0 spiro atoms. The van der Waals surface area contributed by atoms with Crippen LogP contribution in [0.1, 0.15) is 39.4 Å². The highest BCUT2D eigenvalue weighted by atomic mass is 79.9. The number of nitrogens with zero attached hydrogens (tertiary/aromatic N) is 1. The molecule has 24 heavy (non-hydrogen) atoms. The highest BCUT2D eigenvalue weighted by Gasteiger charge is 2.36. The van der Waals surface area contributed by atoms with Crippen LogP contribution in [0, 0.1) is 20.8 Å². The van der Waals surface area contributed by atoms with Crippen molar-refractivity contribution in [3.05, 3.63) is 68.2 Å². The van der Waals surface area contributed by atoms with E-state index in [0.29, 0.717) is 0 Å². The second-order valence-corrected chi connectivity index (χ2v) is 7.52. The average Bonchev–Trinajstić information content (AvgIpc) is 2.90. The summed E-state index contributed by atoms with van der Waals surface area (Å²) < 4.78 is 6.37. The van der Waals surface area contributed by atoms with Crippen LogP contribution < -0.4 is 0 Å². The van der Waals surface area contributed by atoms with Crippen LogP contribution in [0.15, 0.2) is 34.8 Å². The van der Waals surface area contributed by atoms with E-state index >= 15 is 0 Å². The Balaban J connectivity index is 1.98. The van der Waals surface area contributed by atoms with Crippen molar-refractivity contribution < 1.29 is 9.84 Å². The summed E-state index contributed by atoms with van der Waals surface area (Å²) in [7, 11) is 1.56. The maximum atomic E-state index is 10.4. The van der Waals surface area contributed by atoms with Crippen LogP contribution in [0.2, 0.25) is 0 Å². The van der Waals surface area contributed by atoms with Gasteiger partial charge in [-0.1, -0.05) is 45.8 Å². The van der Waals surface area contributed by atoms with Crippen molar-refractivity contribution in [3.63, 3.8) is 0 Å². The summed E-state index contributed by atoms with van der Waals surface area (Å²) in [6.45, 7) is 8.05. The summed E-state index contributed by atoms with van der Waals surface area (Å²) in [5.74, 6) is 0. The molecule has 2 unspecified atom stereocenters. The lowest BCUT2D eigenvalue weighted by Crippen LogP contribution is -2.32. The zero-order valence-corrected chi connectivity index (χ0v) is 16.2. The third kappa shape index (κ3) is 3.16. The minimum Gasteiger partial charge on any atom is -0.366 e. The van der Waals surface area contributed by atoms with Gasteiger partial charge in [0.2, 0.25) is 0 Å². The Morgan fingerprint density at radius 3 is 2.54 bits per heavy atom. The number of hydrogen-bond acceptors (Lipinski definition) is 3. The maximum absolute atomic E-state index is 10.4. The number of methoxy groups -OCH3 is 1. The van der Waals surface area contributed by atoms with Crippen molar-refractivity contribution in [2.24, 2.45) is 0 Å². The molecule has 4 heteroatoms. The van der Waals surface area contributed by atoms with Crippen molar-refractivity contribution in [2.75, 3.05) is 7.11 Å². The van der Waals surface area contributed by atoms with Gasteiger partial charge in [-0.3, -0.25) is 4.90 Å². The molecule has 0 bridgehead atoms. The molecule has 3 rings (SSSR count). The van der Waals surface area contributed by atoms with Crippen LogP contribution in [0.25, 0.3) is 0 Å². The summed E-state index contributed by atoms with van der Waals surface area (Å²) in [4.78, 5) is 2.30. The van der Waals surface area contributed by atoms with Crippen molar-refractivity contribution in [3.8, 4) is 0 Å². The Hall–Kier alpha value is -1.20. The van der Waals surface area contributed by atoms with E-state index in [4.69, 9.17) is 4.74 Å². The molecule has 2 aromatic carbocycles. The van der Waals surface area contributed by atoms with Crippen LogP contribution in [-0.2, 0) is 17.8 Å². The third-order valence-corrected chi connectivity index (χ3v) is 5.68. The van der Waals surface area contributed by atoms with Crippen LogP contribution in [0.4, 0.5) is 0 Å². The lowest BCUT2D eigenvalue weighted by Gasteiger charge is -2.29. The molecule has 0 radical (unpaired) electrons. The van der Waals surface area contributed by atoms with Gasteiger partial charge in [0.25, 0.3) is 0 Å². The number of halogens is 1. The fourth-order valence-corrected chi connectivity index (χ4v) is 4.30. The maximum Gasteiger partial charge on any atom is 0.174 e. The average molecular weight is 390 g/mol. The number of rotatable bonds is 4. The first-order chi connectivity index (χ1) is 11.4. The number of benzene rings is 2. The fourth-order valence-electron chi connectivity index (χ4n) is 3.80. The number of aliphatic hydroxyl groups excluding tert-OH is 1. The standard InChI is InChI=1S/C20H24BrNO2/c1-12-8-13(2)16(14(3)9-12)10-22-11-17-15(6-5-7-18(17)21)19(22)20(23)24-4/h5-9,19-20,23H,10-11H2,1-4H3. The molecule has 1 aliphatic rings. The van der Waals surface area contributed by atoms with Gasteiger partial charge < -0.3 is 9.84 Å². The number of fused-ring (bicyclic) bond motifs is 1. The largest absolute Gasteiger partial charge is 0.366 e. The molecular weight excluding hydrogens is 366 g/mol. The summed E-state index contributed by atoms with van der Waals surface area (Å²) in [6, 6.07) is 10.5. The third-order valence-electron chi connectivity index (χ3n) is 4.94. The Morgan fingerprint density at radius 1 is 1.25 bits per heavy atom. The second-order valence-electron chi connectivity index (χ2n) is 6.66. The molecule has 0 aliphatic carbocycles. The monoisotopic (exact) mass is 389 g/mol. The summed E-state index contributed by atoms with van der Waals surface area (Å²) in [6.07, 6.45) is -0.841. The molecule has 2 atom stereocenters. The van der Waals surface area contributed by atoms with Gasteiger partial charge in [-0.15, -0.1) is 0 Å². The molecule has 0 saturated heterocycles. The fraction of sp³-hybridized carbons (Fsp3) is 0.400. The van der Waals surface area contributed by atoms with Crippen LogP contribution in [0.3, 0.4) is 0 Å². The lowest BCUT2D eigenvalue weighted by atomic mass is 9.99. The van der Waals surface area contributed by atoms with Crippen molar-refractivity contribution in [2.45, 2.75) is 46.2 Å². The predicted molar refractivity (Wildman–Crippen MR) is 99.8 cm³/mol. The molecule has 0 aromatic heterocycles. The SMILES string of the molecule is COC(O)C1c2cccc(Br)c2CN1Cc1c(C)cc(C)cc1C. The van der Waals surface area contributed by atoms with E-state index < -0.39 is 6.29 Å². The number of hydrogen-bond donors (Lipinski definition) is 1. The van der Waals surface area contributed by atoms with Gasteiger partial charge in [-0.2, -0.15) is 0 Å². The smallest absolute Gasteiger partial charge is 0.174 e.